The van der Waals surface area contributed by atoms with E-state index in [1.165, 1.54) is 6.07 Å². The maximum atomic E-state index is 11.1. The van der Waals surface area contributed by atoms with Gasteiger partial charge >= 0.3 is 0 Å². The summed E-state index contributed by atoms with van der Waals surface area (Å²) in [6.07, 6.45) is 3.27. The standard InChI is InChI=1S/C12H12N4O/c1-16(11-7-12(17)15-13-9-11)14-8-10-5-3-2-4-6-10/h2-9H,1H3,(H,15,17)/b14-8+. The van der Waals surface area contributed by atoms with Crippen LogP contribution in [0.4, 0.5) is 5.69 Å². The van der Waals surface area contributed by atoms with Crippen LogP contribution in [0, 0.1) is 0 Å². The molecule has 0 radical (unpaired) electrons. The summed E-state index contributed by atoms with van der Waals surface area (Å²) in [5.74, 6) is 0. The largest absolute Gasteiger partial charge is 0.268 e. The Kier molecular flexibility index (Phi) is 3.30. The lowest BCUT2D eigenvalue weighted by Gasteiger charge is -2.10. The van der Waals surface area contributed by atoms with Crippen molar-refractivity contribution < 1.29 is 0 Å². The molecule has 0 atom stereocenters. The van der Waals surface area contributed by atoms with Crippen LogP contribution in [0.1, 0.15) is 5.56 Å². The number of nitrogens with one attached hydrogen (secondary N) is 1. The van der Waals surface area contributed by atoms with Gasteiger partial charge in [-0.1, -0.05) is 30.3 Å². The normalized spacial score (nSPS) is 10.6. The SMILES string of the molecule is CN(/N=C/c1ccccc1)c1cn[nH]c(=O)c1. The van der Waals surface area contributed by atoms with Crippen LogP contribution in [-0.4, -0.2) is 23.5 Å². The molecule has 0 aliphatic carbocycles. The van der Waals surface area contributed by atoms with Crippen LogP contribution >= 0.6 is 0 Å². The molecule has 86 valence electrons. The number of H-pyrrole nitrogens is 1. The smallest absolute Gasteiger partial charge is 0.266 e. The molecule has 5 nitrogen and oxygen atoms in total. The average Bonchev–Trinajstić information content (AvgIpc) is 2.37. The predicted molar refractivity (Wildman–Crippen MR) is 67.3 cm³/mol. The van der Waals surface area contributed by atoms with Gasteiger partial charge in [-0.25, -0.2) is 5.10 Å². The molecule has 0 saturated carbocycles. The molecule has 0 bridgehead atoms. The van der Waals surface area contributed by atoms with Gasteiger partial charge in [0.25, 0.3) is 5.56 Å². The topological polar surface area (TPSA) is 61.4 Å². The molecule has 0 aliphatic rings. The lowest BCUT2D eigenvalue weighted by Crippen LogP contribution is -2.14. The molecule has 0 fully saturated rings. The highest BCUT2D eigenvalue weighted by Crippen LogP contribution is 2.06. The van der Waals surface area contributed by atoms with Crippen LogP contribution in [-0.2, 0) is 0 Å². The first kappa shape index (κ1) is 11.1. The molecule has 1 aromatic heterocycles. The molecule has 1 N–H and O–H groups in total. The molecule has 17 heavy (non-hydrogen) atoms. The van der Waals surface area contributed by atoms with Crippen molar-refractivity contribution in [3.8, 4) is 0 Å². The minimum atomic E-state index is -0.246. The molecule has 0 aliphatic heterocycles. The van der Waals surface area contributed by atoms with Gasteiger partial charge in [-0.3, -0.25) is 9.80 Å². The minimum absolute atomic E-state index is 0.246. The molecule has 0 unspecified atom stereocenters. The zero-order valence-corrected chi connectivity index (χ0v) is 9.37. The second kappa shape index (κ2) is 5.07. The predicted octanol–water partition coefficient (Wildman–Crippen LogP) is 1.24. The summed E-state index contributed by atoms with van der Waals surface area (Å²) < 4.78 is 0. The maximum Gasteiger partial charge on any atom is 0.266 e. The number of aromatic amines is 1. The number of hydrogen-bond donors (Lipinski definition) is 1. The summed E-state index contributed by atoms with van der Waals surface area (Å²) in [7, 11) is 1.76. The van der Waals surface area contributed by atoms with E-state index in [2.05, 4.69) is 15.3 Å². The van der Waals surface area contributed by atoms with E-state index >= 15 is 0 Å². The van der Waals surface area contributed by atoms with Gasteiger partial charge in [0.2, 0.25) is 0 Å². The van der Waals surface area contributed by atoms with E-state index in [-0.39, 0.29) is 5.56 Å². The third kappa shape index (κ3) is 3.01. The first-order valence-corrected chi connectivity index (χ1v) is 5.13. The monoisotopic (exact) mass is 228 g/mol. The van der Waals surface area contributed by atoms with Gasteiger partial charge in [0, 0.05) is 13.1 Å². The third-order valence-electron chi connectivity index (χ3n) is 2.20. The maximum absolute atomic E-state index is 11.1. The molecule has 0 amide bonds. The summed E-state index contributed by atoms with van der Waals surface area (Å²) in [4.78, 5) is 11.1. The minimum Gasteiger partial charge on any atom is -0.268 e. The van der Waals surface area contributed by atoms with Gasteiger partial charge in [0.05, 0.1) is 18.1 Å². The second-order valence-electron chi connectivity index (χ2n) is 3.48. The Morgan fingerprint density at radius 2 is 2.12 bits per heavy atom. The van der Waals surface area contributed by atoms with Crippen LogP contribution in [0.15, 0.2) is 52.5 Å². The van der Waals surface area contributed by atoms with Crippen molar-refractivity contribution in [3.63, 3.8) is 0 Å². The van der Waals surface area contributed by atoms with E-state index in [4.69, 9.17) is 0 Å². The molecule has 0 spiro atoms. The van der Waals surface area contributed by atoms with Crippen molar-refractivity contribution in [1.82, 2.24) is 10.2 Å². The van der Waals surface area contributed by atoms with Gasteiger partial charge in [-0.15, -0.1) is 0 Å². The van der Waals surface area contributed by atoms with Crippen LogP contribution in [0.2, 0.25) is 0 Å². The Morgan fingerprint density at radius 1 is 1.35 bits per heavy atom. The number of benzene rings is 1. The van der Waals surface area contributed by atoms with Gasteiger partial charge in [0.15, 0.2) is 0 Å². The van der Waals surface area contributed by atoms with Gasteiger partial charge in [-0.05, 0) is 5.56 Å². The number of hydrogen-bond acceptors (Lipinski definition) is 4. The van der Waals surface area contributed by atoms with Crippen molar-refractivity contribution in [2.24, 2.45) is 5.10 Å². The van der Waals surface area contributed by atoms with Crippen LogP contribution in [0.5, 0.6) is 0 Å². The van der Waals surface area contributed by atoms with Crippen LogP contribution < -0.4 is 10.6 Å². The van der Waals surface area contributed by atoms with E-state index in [1.807, 2.05) is 30.3 Å². The Morgan fingerprint density at radius 3 is 2.82 bits per heavy atom. The molecule has 5 heteroatoms. The lowest BCUT2D eigenvalue weighted by atomic mass is 10.2. The van der Waals surface area contributed by atoms with E-state index in [0.29, 0.717) is 5.69 Å². The highest BCUT2D eigenvalue weighted by molar-refractivity contribution is 5.80. The van der Waals surface area contributed by atoms with Crippen LogP contribution in [0.25, 0.3) is 0 Å². The number of rotatable bonds is 3. The first-order valence-electron chi connectivity index (χ1n) is 5.13. The summed E-state index contributed by atoms with van der Waals surface area (Å²) in [6.45, 7) is 0. The van der Waals surface area contributed by atoms with Gasteiger partial charge in [0.1, 0.15) is 0 Å². The molecule has 2 rings (SSSR count). The van der Waals surface area contributed by atoms with Crippen molar-refractivity contribution in [2.45, 2.75) is 0 Å². The fraction of sp³-hybridized carbons (Fsp3) is 0.0833. The summed E-state index contributed by atoms with van der Waals surface area (Å²) in [5.41, 5.74) is 1.39. The lowest BCUT2D eigenvalue weighted by molar-refractivity contribution is 0.944. The van der Waals surface area contributed by atoms with Gasteiger partial charge in [-0.2, -0.15) is 10.2 Å². The van der Waals surface area contributed by atoms with Crippen LogP contribution in [0.3, 0.4) is 0 Å². The van der Waals surface area contributed by atoms with Crippen molar-refractivity contribution in [1.29, 1.82) is 0 Å². The second-order valence-corrected chi connectivity index (χ2v) is 3.48. The Labute approximate surface area is 98.4 Å². The van der Waals surface area contributed by atoms with Crippen molar-refractivity contribution >= 4 is 11.9 Å². The Balaban J connectivity index is 2.14. The molecule has 0 saturated heterocycles. The van der Waals surface area contributed by atoms with E-state index in [0.717, 1.165) is 5.56 Å². The van der Waals surface area contributed by atoms with E-state index < -0.39 is 0 Å². The van der Waals surface area contributed by atoms with E-state index in [9.17, 15) is 4.79 Å². The van der Waals surface area contributed by atoms with Crippen molar-refractivity contribution in [3.05, 3.63) is 58.5 Å². The molecule has 1 aromatic carbocycles. The zero-order valence-electron chi connectivity index (χ0n) is 9.37. The highest BCUT2D eigenvalue weighted by Gasteiger charge is 1.98. The number of aromatic nitrogens is 2. The summed E-state index contributed by atoms with van der Waals surface area (Å²) in [5, 5.41) is 11.8. The number of anilines is 1. The Hall–Kier alpha value is -2.43. The van der Waals surface area contributed by atoms with Crippen molar-refractivity contribution in [2.75, 3.05) is 12.1 Å². The molecule has 2 aromatic rings. The fourth-order valence-electron chi connectivity index (χ4n) is 1.30. The number of nitrogens with zero attached hydrogens (tertiary/aromatic N) is 3. The quantitative estimate of drug-likeness (QED) is 0.635. The molecular weight excluding hydrogens is 216 g/mol. The number of hydrazone groups is 1. The summed E-state index contributed by atoms with van der Waals surface area (Å²) >= 11 is 0. The summed E-state index contributed by atoms with van der Waals surface area (Å²) in [6, 6.07) is 11.2. The zero-order chi connectivity index (χ0) is 12.1. The average molecular weight is 228 g/mol. The highest BCUT2D eigenvalue weighted by atomic mass is 16.1. The van der Waals surface area contributed by atoms with E-state index in [1.54, 1.807) is 24.5 Å². The third-order valence-corrected chi connectivity index (χ3v) is 2.20. The van der Waals surface area contributed by atoms with Gasteiger partial charge < -0.3 is 0 Å². The molecule has 1 heterocycles. The molecular formula is C12H12N4O. The fourth-order valence-corrected chi connectivity index (χ4v) is 1.30. The first-order chi connectivity index (χ1) is 8.25. The Bertz CT molecular complexity index is 562.